The molecule has 0 spiro atoms. The van der Waals surface area contributed by atoms with E-state index in [0.29, 0.717) is 17.9 Å². The number of fused-ring (bicyclic) bond motifs is 3. The smallest absolute Gasteiger partial charge is 0.119 e. The molecule has 2 heterocycles. The molecule has 402 valence electrons. The number of aromatic hydroxyl groups is 1. The van der Waals surface area contributed by atoms with Gasteiger partial charge in [-0.1, -0.05) is 182 Å². The molecular formula is C71H84N2O2S2. The molecular weight excluding hydrogens is 977 g/mol. The lowest BCUT2D eigenvalue weighted by Crippen LogP contribution is -2.36. The van der Waals surface area contributed by atoms with Crippen molar-refractivity contribution in [3.8, 4) is 46.3 Å². The summed E-state index contributed by atoms with van der Waals surface area (Å²) in [5.74, 6) is 15.4. The summed E-state index contributed by atoms with van der Waals surface area (Å²) in [4.78, 5) is 8.51. The van der Waals surface area contributed by atoms with Crippen LogP contribution >= 0.6 is 23.1 Å². The number of unbranched alkanes of at least 4 members (excludes halogenated alkanes) is 8. The van der Waals surface area contributed by atoms with Crippen LogP contribution in [0.5, 0.6) is 11.5 Å². The van der Waals surface area contributed by atoms with E-state index in [0.717, 1.165) is 66.1 Å². The summed E-state index contributed by atoms with van der Waals surface area (Å²) >= 11 is 3.65. The van der Waals surface area contributed by atoms with Crippen molar-refractivity contribution in [1.29, 1.82) is 0 Å². The predicted molar refractivity (Wildman–Crippen MR) is 334 cm³/mol. The van der Waals surface area contributed by atoms with E-state index in [-0.39, 0.29) is 11.2 Å². The van der Waals surface area contributed by atoms with Gasteiger partial charge in [0.2, 0.25) is 0 Å². The number of ether oxygens (including phenoxy) is 1. The third kappa shape index (κ3) is 16.1. The van der Waals surface area contributed by atoms with E-state index in [9.17, 15) is 5.11 Å². The predicted octanol–water partition coefficient (Wildman–Crippen LogP) is 18.6. The number of hydrogen-bond donors (Lipinski definition) is 1. The summed E-state index contributed by atoms with van der Waals surface area (Å²) in [5.41, 5.74) is 11.4. The molecule has 4 aromatic carbocycles. The van der Waals surface area contributed by atoms with Gasteiger partial charge in [-0.25, -0.2) is 0 Å². The molecule has 2 aliphatic carbocycles. The average Bonchev–Trinajstić information content (AvgIpc) is 4.24. The number of allylic oxidation sites excluding steroid dienone is 5. The van der Waals surface area contributed by atoms with Gasteiger partial charge in [-0.2, -0.15) is 0 Å². The maximum Gasteiger partial charge on any atom is 0.119 e. The number of anilines is 1. The summed E-state index contributed by atoms with van der Waals surface area (Å²) in [6.07, 6.45) is 38.5. The Labute approximate surface area is 472 Å². The Morgan fingerprint density at radius 2 is 1.30 bits per heavy atom. The van der Waals surface area contributed by atoms with Crippen LogP contribution in [-0.2, 0) is 5.41 Å². The van der Waals surface area contributed by atoms with E-state index >= 15 is 0 Å². The number of thioether (sulfide) groups is 1. The van der Waals surface area contributed by atoms with Crippen molar-refractivity contribution < 1.29 is 9.84 Å². The van der Waals surface area contributed by atoms with Gasteiger partial charge in [0.05, 0.1) is 16.3 Å². The second kappa shape index (κ2) is 29.7. The van der Waals surface area contributed by atoms with Gasteiger partial charge in [-0.3, -0.25) is 4.90 Å². The molecule has 0 radical (unpaired) electrons. The number of phenols is 1. The molecule has 1 aromatic heterocycles. The van der Waals surface area contributed by atoms with Crippen LogP contribution in [0.3, 0.4) is 0 Å². The summed E-state index contributed by atoms with van der Waals surface area (Å²) < 4.78 is 5.91. The topological polar surface area (TPSA) is 35.9 Å². The number of hydrogen-bond acceptors (Lipinski definition) is 6. The van der Waals surface area contributed by atoms with Crippen molar-refractivity contribution >= 4 is 40.9 Å². The molecule has 3 aliphatic rings. The van der Waals surface area contributed by atoms with Crippen molar-refractivity contribution in [2.75, 3.05) is 37.7 Å². The van der Waals surface area contributed by atoms with E-state index in [4.69, 9.17) is 4.74 Å². The van der Waals surface area contributed by atoms with Crippen molar-refractivity contribution in [3.05, 3.63) is 182 Å². The minimum Gasteiger partial charge on any atom is -0.508 e. The molecule has 2 unspecified atom stereocenters. The van der Waals surface area contributed by atoms with E-state index in [2.05, 4.69) is 190 Å². The maximum absolute atomic E-state index is 9.56. The summed E-state index contributed by atoms with van der Waals surface area (Å²) in [5, 5.41) is 9.98. The van der Waals surface area contributed by atoms with Crippen LogP contribution in [0.1, 0.15) is 175 Å². The molecule has 0 amide bonds. The quantitative estimate of drug-likeness (QED) is 0.0419. The zero-order chi connectivity index (χ0) is 53.7. The second-order valence-corrected chi connectivity index (χ2v) is 23.6. The first kappa shape index (κ1) is 57.3. The average molecular weight is 1060 g/mol. The van der Waals surface area contributed by atoms with Crippen molar-refractivity contribution in [2.24, 2.45) is 0 Å². The molecule has 1 aliphatic heterocycles. The van der Waals surface area contributed by atoms with Crippen LogP contribution in [0.25, 0.3) is 23.3 Å². The van der Waals surface area contributed by atoms with Crippen LogP contribution in [0.4, 0.5) is 5.69 Å². The van der Waals surface area contributed by atoms with Crippen molar-refractivity contribution in [3.63, 3.8) is 0 Å². The minimum atomic E-state index is -0.0514. The van der Waals surface area contributed by atoms with Gasteiger partial charge in [-0.05, 0) is 171 Å². The van der Waals surface area contributed by atoms with Crippen LogP contribution in [0.15, 0.2) is 144 Å². The third-order valence-electron chi connectivity index (χ3n) is 15.6. The van der Waals surface area contributed by atoms with Gasteiger partial charge in [0.1, 0.15) is 18.1 Å². The molecule has 0 fully saturated rings. The molecule has 5 aromatic rings. The molecule has 2 atom stereocenters. The molecule has 0 saturated carbocycles. The van der Waals surface area contributed by atoms with Gasteiger partial charge in [0.25, 0.3) is 0 Å². The van der Waals surface area contributed by atoms with Gasteiger partial charge >= 0.3 is 0 Å². The number of likely N-dealkylation sites (N-methyl/N-ethyl adjacent to an activating group) is 1. The normalized spacial score (nSPS) is 16.2. The van der Waals surface area contributed by atoms with Gasteiger partial charge in [0, 0.05) is 44.9 Å². The maximum atomic E-state index is 9.56. The lowest BCUT2D eigenvalue weighted by molar-refractivity contribution is 0.218. The van der Waals surface area contributed by atoms with Crippen LogP contribution in [-0.4, -0.2) is 54.1 Å². The van der Waals surface area contributed by atoms with E-state index < -0.39 is 0 Å². The highest BCUT2D eigenvalue weighted by molar-refractivity contribution is 8.04. The molecule has 0 bridgehead atoms. The third-order valence-corrected chi connectivity index (χ3v) is 17.7. The summed E-state index contributed by atoms with van der Waals surface area (Å²) in [6, 6.07) is 34.5. The zero-order valence-electron chi connectivity index (χ0n) is 46.9. The van der Waals surface area contributed by atoms with Gasteiger partial charge < -0.3 is 14.7 Å². The van der Waals surface area contributed by atoms with Gasteiger partial charge in [0.15, 0.2) is 0 Å². The van der Waals surface area contributed by atoms with Crippen molar-refractivity contribution in [1.82, 2.24) is 4.90 Å². The van der Waals surface area contributed by atoms with Crippen molar-refractivity contribution in [2.45, 2.75) is 154 Å². The van der Waals surface area contributed by atoms with E-state index in [1.807, 2.05) is 11.8 Å². The highest BCUT2D eigenvalue weighted by atomic mass is 32.2. The fourth-order valence-corrected chi connectivity index (χ4v) is 12.9. The monoisotopic (exact) mass is 1060 g/mol. The summed E-state index contributed by atoms with van der Waals surface area (Å²) in [6.45, 7) is 16.1. The fraction of sp³-hybridized carbons (Fsp3) is 0.408. The minimum absolute atomic E-state index is 0.0514. The molecule has 8 rings (SSSR count). The Morgan fingerprint density at radius 1 is 0.636 bits per heavy atom. The Hall–Kier alpha value is -5.89. The van der Waals surface area contributed by atoms with Gasteiger partial charge in [-0.15, -0.1) is 23.1 Å². The Balaban J connectivity index is 0.889. The fourth-order valence-electron chi connectivity index (χ4n) is 11.2. The SMILES string of the molecule is CCCCCCN(CCCCCC)C1C=CC(/C=C/C2CC=C(C#Cc3ccc4c(c3)C(CCCC)(CCCC)c3cc(C#Cc5ccc(/C=C/c6ccc(N(CC)CCOc7ccc(O)cc7)cc6)s5)ccc3-4)S2)=CC1. The Morgan fingerprint density at radius 3 is 1.92 bits per heavy atom. The highest BCUT2D eigenvalue weighted by Crippen LogP contribution is 2.54. The van der Waals surface area contributed by atoms with E-state index in [1.165, 1.54) is 133 Å². The van der Waals surface area contributed by atoms with Crippen LogP contribution in [0, 0.1) is 23.7 Å². The number of rotatable bonds is 27. The lowest BCUT2D eigenvalue weighted by atomic mass is 9.70. The van der Waals surface area contributed by atoms with E-state index in [1.54, 1.807) is 35.6 Å². The second-order valence-electron chi connectivity index (χ2n) is 21.2. The number of phenolic OH excluding ortho intramolecular Hbond substituents is 1. The Bertz CT molecular complexity index is 2950. The number of benzene rings is 4. The largest absolute Gasteiger partial charge is 0.508 e. The first-order valence-corrected chi connectivity index (χ1v) is 31.1. The Kier molecular flexibility index (Phi) is 22.1. The lowest BCUT2D eigenvalue weighted by Gasteiger charge is -2.33. The molecule has 77 heavy (non-hydrogen) atoms. The molecule has 0 saturated heterocycles. The molecule has 6 heteroatoms. The first-order chi connectivity index (χ1) is 37.8. The first-order valence-electron chi connectivity index (χ1n) is 29.4. The molecule has 1 N–H and O–H groups in total. The number of thiophene rings is 1. The highest BCUT2D eigenvalue weighted by Gasteiger charge is 2.42. The summed E-state index contributed by atoms with van der Waals surface area (Å²) in [7, 11) is 0. The number of nitrogens with zero attached hydrogens (tertiary/aromatic N) is 2. The van der Waals surface area contributed by atoms with Crippen LogP contribution < -0.4 is 9.64 Å². The standard InChI is InChI=1S/C71H84N2O2S2/c1-6-11-15-17-49-73(50-18-16-12-7-2)60-31-21-56(22-32-60)24-38-64-42-44-66(77-64)40-26-58-28-46-68-67-45-27-57(53-69(67)71(47-13-8-3,48-14-9-4)70(68)54-58)25-39-65-43-41-63(76-65)37-23-55-19-29-59(30-20-55)72(10-5)51-52-75-62-35-33-61(74)34-36-62/h19-24,27-31,33-38,41,43-46,53-54,60,64,74H,6-18,32,42,47-52H2,1-5H3/b37-23+,38-24+. The molecule has 4 nitrogen and oxygen atoms in total. The van der Waals surface area contributed by atoms with Crippen LogP contribution in [0.2, 0.25) is 0 Å². The zero-order valence-corrected chi connectivity index (χ0v) is 48.6.